The van der Waals surface area contributed by atoms with E-state index in [9.17, 15) is 14.7 Å². The fourth-order valence-corrected chi connectivity index (χ4v) is 4.71. The Balaban J connectivity index is 1.43. The lowest BCUT2D eigenvalue weighted by Crippen LogP contribution is -2.47. The smallest absolute Gasteiger partial charge is 0.248 e. The summed E-state index contributed by atoms with van der Waals surface area (Å²) in [5, 5.41) is 16.1. The summed E-state index contributed by atoms with van der Waals surface area (Å²) < 4.78 is 0. The van der Waals surface area contributed by atoms with E-state index in [1.54, 1.807) is 18.2 Å². The molecule has 0 spiro atoms. The first-order valence-electron chi connectivity index (χ1n) is 12.2. The van der Waals surface area contributed by atoms with E-state index in [4.69, 9.17) is 5.73 Å². The molecule has 2 atom stereocenters. The molecule has 0 saturated carbocycles. The zero-order valence-corrected chi connectivity index (χ0v) is 20.2. The van der Waals surface area contributed by atoms with E-state index in [0.717, 1.165) is 37.1 Å². The predicted molar refractivity (Wildman–Crippen MR) is 139 cm³/mol. The molecule has 0 bridgehead atoms. The number of benzene rings is 2. The van der Waals surface area contributed by atoms with Crippen molar-refractivity contribution < 1.29 is 14.7 Å². The zero-order valence-electron chi connectivity index (χ0n) is 20.2. The number of amides is 2. The van der Waals surface area contributed by atoms with E-state index in [1.807, 2.05) is 36.4 Å². The number of rotatable bonds is 7. The Bertz CT molecular complexity index is 1050. The van der Waals surface area contributed by atoms with E-state index >= 15 is 0 Å². The van der Waals surface area contributed by atoms with Crippen molar-refractivity contribution in [1.29, 1.82) is 0 Å². The summed E-state index contributed by atoms with van der Waals surface area (Å²) in [6.07, 6.45) is 5.33. The van der Waals surface area contributed by atoms with Gasteiger partial charge in [-0.3, -0.25) is 14.5 Å². The lowest BCUT2D eigenvalue weighted by molar-refractivity contribution is -0.127. The quantitative estimate of drug-likeness (QED) is 0.360. The molecule has 2 fully saturated rings. The number of nitrogens with one attached hydrogen (secondary N) is 2. The van der Waals surface area contributed by atoms with Gasteiger partial charge in [-0.05, 0) is 68.7 Å². The van der Waals surface area contributed by atoms with Crippen molar-refractivity contribution >= 4 is 29.3 Å². The van der Waals surface area contributed by atoms with Gasteiger partial charge in [-0.15, -0.1) is 0 Å². The SMILES string of the molecule is CN1CCC(NC(=O)C(c2ccc(C=CC(=O)Nc3ccccc3N)cc2)N2CC[C@H](O)C2)CC1. The first kappa shape index (κ1) is 24.9. The summed E-state index contributed by atoms with van der Waals surface area (Å²) >= 11 is 0. The number of carbonyl (C=O) groups excluding carboxylic acids is 2. The monoisotopic (exact) mass is 477 g/mol. The molecule has 5 N–H and O–H groups in total. The van der Waals surface area contributed by atoms with Crippen LogP contribution < -0.4 is 16.4 Å². The Morgan fingerprint density at radius 2 is 1.77 bits per heavy atom. The van der Waals surface area contributed by atoms with Gasteiger partial charge in [-0.2, -0.15) is 0 Å². The van der Waals surface area contributed by atoms with Crippen LogP contribution in [0.25, 0.3) is 6.08 Å². The van der Waals surface area contributed by atoms with Crippen LogP contribution in [0.5, 0.6) is 0 Å². The summed E-state index contributed by atoms with van der Waals surface area (Å²) in [6.45, 7) is 3.11. The lowest BCUT2D eigenvalue weighted by Gasteiger charge is -2.33. The molecule has 2 amide bonds. The number of nitrogens with zero attached hydrogens (tertiary/aromatic N) is 2. The second-order valence-corrected chi connectivity index (χ2v) is 9.50. The predicted octanol–water partition coefficient (Wildman–Crippen LogP) is 2.24. The van der Waals surface area contributed by atoms with Crippen LogP contribution in [0.2, 0.25) is 0 Å². The van der Waals surface area contributed by atoms with Gasteiger partial charge in [0.1, 0.15) is 6.04 Å². The number of aliphatic hydroxyl groups excluding tert-OH is 1. The van der Waals surface area contributed by atoms with E-state index in [1.165, 1.54) is 6.08 Å². The van der Waals surface area contributed by atoms with Crippen molar-refractivity contribution in [1.82, 2.24) is 15.1 Å². The molecule has 8 heteroatoms. The van der Waals surface area contributed by atoms with E-state index in [-0.39, 0.29) is 17.9 Å². The molecule has 186 valence electrons. The minimum Gasteiger partial charge on any atom is -0.397 e. The van der Waals surface area contributed by atoms with Crippen molar-refractivity contribution in [3.8, 4) is 0 Å². The Morgan fingerprint density at radius 3 is 2.43 bits per heavy atom. The molecule has 2 saturated heterocycles. The summed E-state index contributed by atoms with van der Waals surface area (Å²) in [4.78, 5) is 30.0. The highest BCUT2D eigenvalue weighted by molar-refractivity contribution is 6.03. The van der Waals surface area contributed by atoms with Gasteiger partial charge < -0.3 is 26.4 Å². The van der Waals surface area contributed by atoms with Crippen LogP contribution in [0.1, 0.15) is 36.4 Å². The van der Waals surface area contributed by atoms with Gasteiger partial charge >= 0.3 is 0 Å². The first-order chi connectivity index (χ1) is 16.9. The topological polar surface area (TPSA) is 111 Å². The molecule has 0 aliphatic carbocycles. The Hall–Kier alpha value is -3.20. The van der Waals surface area contributed by atoms with Gasteiger partial charge in [0, 0.05) is 25.2 Å². The van der Waals surface area contributed by atoms with Gasteiger partial charge in [-0.1, -0.05) is 36.4 Å². The number of para-hydroxylation sites is 2. The molecule has 4 rings (SSSR count). The Labute approximate surface area is 206 Å². The van der Waals surface area contributed by atoms with Gasteiger partial charge in [-0.25, -0.2) is 0 Å². The second-order valence-electron chi connectivity index (χ2n) is 9.50. The van der Waals surface area contributed by atoms with Crippen molar-refractivity contribution in [3.63, 3.8) is 0 Å². The average molecular weight is 478 g/mol. The summed E-state index contributed by atoms with van der Waals surface area (Å²) in [5.41, 5.74) is 8.69. The van der Waals surface area contributed by atoms with E-state index < -0.39 is 12.1 Å². The second kappa shape index (κ2) is 11.5. The molecule has 0 aromatic heterocycles. The normalized spacial score (nSPS) is 20.7. The van der Waals surface area contributed by atoms with Gasteiger partial charge in [0.05, 0.1) is 17.5 Å². The number of hydrogen-bond donors (Lipinski definition) is 4. The number of nitrogens with two attached hydrogens (primary N) is 1. The molecular formula is C27H35N5O3. The summed E-state index contributed by atoms with van der Waals surface area (Å²) in [7, 11) is 2.10. The highest BCUT2D eigenvalue weighted by Crippen LogP contribution is 2.27. The largest absolute Gasteiger partial charge is 0.397 e. The Kier molecular flexibility index (Phi) is 8.17. The van der Waals surface area contributed by atoms with Crippen molar-refractivity contribution in [2.45, 2.75) is 37.5 Å². The zero-order chi connectivity index (χ0) is 24.8. The van der Waals surface area contributed by atoms with E-state index in [0.29, 0.717) is 30.9 Å². The number of nitrogen functional groups attached to an aromatic ring is 1. The highest BCUT2D eigenvalue weighted by atomic mass is 16.3. The third-order valence-corrected chi connectivity index (χ3v) is 6.77. The molecule has 2 aliphatic rings. The molecule has 2 aromatic carbocycles. The minimum absolute atomic E-state index is 0.0169. The minimum atomic E-state index is -0.450. The third-order valence-electron chi connectivity index (χ3n) is 6.77. The van der Waals surface area contributed by atoms with Crippen LogP contribution in [0.4, 0.5) is 11.4 Å². The summed E-state index contributed by atoms with van der Waals surface area (Å²) in [5.74, 6) is -0.287. The fraction of sp³-hybridized carbons (Fsp3) is 0.407. The van der Waals surface area contributed by atoms with Crippen molar-refractivity contribution in [2.75, 3.05) is 44.3 Å². The number of hydrogen-bond acceptors (Lipinski definition) is 6. The van der Waals surface area contributed by atoms with Crippen LogP contribution in [-0.4, -0.2) is 72.1 Å². The third kappa shape index (κ3) is 6.69. The van der Waals surface area contributed by atoms with E-state index in [2.05, 4.69) is 27.5 Å². The maximum atomic E-state index is 13.4. The van der Waals surface area contributed by atoms with Crippen LogP contribution in [0, 0.1) is 0 Å². The van der Waals surface area contributed by atoms with Gasteiger partial charge in [0.2, 0.25) is 11.8 Å². The summed E-state index contributed by atoms with van der Waals surface area (Å²) in [6, 6.07) is 14.5. The molecule has 8 nitrogen and oxygen atoms in total. The molecule has 0 radical (unpaired) electrons. The molecule has 2 aromatic rings. The van der Waals surface area contributed by atoms with Crippen molar-refractivity contribution in [3.05, 3.63) is 65.7 Å². The van der Waals surface area contributed by atoms with Gasteiger partial charge in [0.25, 0.3) is 0 Å². The maximum Gasteiger partial charge on any atom is 0.248 e. The highest BCUT2D eigenvalue weighted by Gasteiger charge is 2.34. The molecule has 2 aliphatic heterocycles. The first-order valence-corrected chi connectivity index (χ1v) is 12.2. The van der Waals surface area contributed by atoms with Crippen LogP contribution >= 0.6 is 0 Å². The van der Waals surface area contributed by atoms with Crippen LogP contribution in [-0.2, 0) is 9.59 Å². The molecule has 1 unspecified atom stereocenters. The Morgan fingerprint density at radius 1 is 1.06 bits per heavy atom. The van der Waals surface area contributed by atoms with Gasteiger partial charge in [0.15, 0.2) is 0 Å². The standard InChI is InChI=1S/C27H35N5O3/c1-31-15-12-21(13-16-31)29-27(35)26(32-17-14-22(33)18-32)20-9-6-19(7-10-20)8-11-25(34)30-24-5-3-2-4-23(24)28/h2-11,21-22,26,33H,12-18,28H2,1H3,(H,29,35)(H,30,34)/t22-,26?/m0/s1. The molecule has 2 heterocycles. The number of likely N-dealkylation sites (tertiary alicyclic amines) is 2. The maximum absolute atomic E-state index is 13.4. The number of aliphatic hydroxyl groups is 1. The average Bonchev–Trinajstić information content (AvgIpc) is 3.27. The van der Waals surface area contributed by atoms with Crippen LogP contribution in [0.15, 0.2) is 54.6 Å². The number of carbonyl (C=O) groups is 2. The van der Waals surface area contributed by atoms with Crippen LogP contribution in [0.3, 0.4) is 0 Å². The van der Waals surface area contributed by atoms with Crippen molar-refractivity contribution in [2.24, 2.45) is 0 Å². The fourth-order valence-electron chi connectivity index (χ4n) is 4.71. The number of β-amino-alcohol motifs (C(OH)–C–C–N with tert-alkyl or cyclic N) is 1. The number of anilines is 2. The molecule has 35 heavy (non-hydrogen) atoms. The lowest BCUT2D eigenvalue weighted by atomic mass is 10.0. The number of piperidine rings is 1. The molecular weight excluding hydrogens is 442 g/mol.